The Morgan fingerprint density at radius 3 is 2.29 bits per heavy atom. The van der Waals surface area contributed by atoms with E-state index in [2.05, 4.69) is 5.32 Å². The van der Waals surface area contributed by atoms with Crippen molar-refractivity contribution in [3.63, 3.8) is 0 Å². The van der Waals surface area contributed by atoms with Crippen LogP contribution in [0.3, 0.4) is 0 Å². The summed E-state index contributed by atoms with van der Waals surface area (Å²) in [5, 5.41) is 3.12. The second-order valence-electron chi connectivity index (χ2n) is 6.93. The van der Waals surface area contributed by atoms with Crippen molar-refractivity contribution < 1.29 is 21.9 Å². The van der Waals surface area contributed by atoms with E-state index >= 15 is 0 Å². The van der Waals surface area contributed by atoms with E-state index in [0.29, 0.717) is 6.42 Å². The minimum atomic E-state index is -4.68. The van der Waals surface area contributed by atoms with Gasteiger partial charge in [0.1, 0.15) is 5.41 Å². The van der Waals surface area contributed by atoms with Crippen LogP contribution in [0.25, 0.3) is 0 Å². The minimum absolute atomic E-state index is 0.0847. The molecule has 9 heteroatoms. The van der Waals surface area contributed by atoms with Gasteiger partial charge in [0, 0.05) is 22.1 Å². The van der Waals surface area contributed by atoms with Crippen molar-refractivity contribution in [3.8, 4) is 0 Å². The van der Waals surface area contributed by atoms with Crippen LogP contribution in [0, 0.1) is 0 Å². The second kappa shape index (κ2) is 8.32. The maximum atomic E-state index is 14.5. The van der Waals surface area contributed by atoms with Gasteiger partial charge in [0.2, 0.25) is 0 Å². The molecule has 0 aromatic heterocycles. The van der Waals surface area contributed by atoms with Gasteiger partial charge in [-0.15, -0.1) is 0 Å². The van der Waals surface area contributed by atoms with Crippen molar-refractivity contribution in [2.45, 2.75) is 36.5 Å². The Hall–Kier alpha value is -1.12. The lowest BCUT2D eigenvalue weighted by Gasteiger charge is -2.37. The van der Waals surface area contributed by atoms with Crippen molar-refractivity contribution in [3.05, 3.63) is 69.7 Å². The third-order valence-corrected chi connectivity index (χ3v) is 6.17. The molecule has 2 N–H and O–H groups in total. The Bertz CT molecular complexity index is 846. The number of rotatable bonds is 5. The summed E-state index contributed by atoms with van der Waals surface area (Å²) in [5.41, 5.74) is -1.60. The van der Waals surface area contributed by atoms with Crippen LogP contribution in [0.2, 0.25) is 10.0 Å². The smallest absolute Gasteiger partial charge is 0.309 e. The molecule has 1 fully saturated rings. The van der Waals surface area contributed by atoms with Crippen molar-refractivity contribution in [1.29, 1.82) is 0 Å². The van der Waals surface area contributed by atoms with Crippen LogP contribution in [-0.2, 0) is 22.9 Å². The monoisotopic (exact) mass is 451 g/mol. The maximum Gasteiger partial charge on any atom is 0.400 e. The number of hydrogen-bond donors (Lipinski definition) is 2. The molecular formula is C19H18Cl2F3NO2S. The highest BCUT2D eigenvalue weighted by atomic mass is 35.5. The van der Waals surface area contributed by atoms with Crippen LogP contribution in [-0.4, -0.2) is 32.8 Å². The molecule has 1 saturated heterocycles. The lowest BCUT2D eigenvalue weighted by molar-refractivity contribution is -0.192. The fraction of sp³-hybridized carbons (Fsp3) is 0.368. The molecular weight excluding hydrogens is 434 g/mol. The van der Waals surface area contributed by atoms with E-state index in [1.165, 1.54) is 18.2 Å². The highest BCUT2D eigenvalue weighted by Gasteiger charge is 2.64. The summed E-state index contributed by atoms with van der Waals surface area (Å²) < 4.78 is 64.2. The van der Waals surface area contributed by atoms with Gasteiger partial charge in [-0.25, -0.2) is 4.21 Å². The molecule has 152 valence electrons. The van der Waals surface area contributed by atoms with E-state index in [9.17, 15) is 21.9 Å². The lowest BCUT2D eigenvalue weighted by Crippen LogP contribution is -2.53. The Balaban J connectivity index is 2.07. The fourth-order valence-corrected chi connectivity index (χ4v) is 5.18. The topological polar surface area (TPSA) is 49.3 Å². The number of benzene rings is 2. The Kier molecular flexibility index (Phi) is 6.41. The summed E-state index contributed by atoms with van der Waals surface area (Å²) in [4.78, 5) is 0. The van der Waals surface area contributed by atoms with Gasteiger partial charge in [-0.05, 0) is 42.2 Å². The molecule has 3 rings (SSSR count). The zero-order valence-electron chi connectivity index (χ0n) is 14.5. The summed E-state index contributed by atoms with van der Waals surface area (Å²) in [7, 11) is 0. The molecule has 2 aromatic carbocycles. The van der Waals surface area contributed by atoms with Gasteiger partial charge in [0.05, 0.1) is 5.75 Å². The minimum Gasteiger partial charge on any atom is -0.309 e. The zero-order chi connectivity index (χ0) is 20.5. The average molecular weight is 452 g/mol. The third kappa shape index (κ3) is 4.39. The molecule has 1 aliphatic rings. The van der Waals surface area contributed by atoms with Gasteiger partial charge >= 0.3 is 6.18 Å². The second-order valence-corrected chi connectivity index (χ2v) is 8.77. The van der Waals surface area contributed by atoms with E-state index in [4.69, 9.17) is 23.2 Å². The van der Waals surface area contributed by atoms with Crippen LogP contribution in [0.15, 0.2) is 48.5 Å². The molecule has 0 saturated carbocycles. The van der Waals surface area contributed by atoms with E-state index in [1.54, 1.807) is 0 Å². The first-order valence-corrected chi connectivity index (χ1v) is 10.6. The van der Waals surface area contributed by atoms with E-state index in [0.717, 1.165) is 5.56 Å². The summed E-state index contributed by atoms with van der Waals surface area (Å²) in [6.07, 6.45) is -4.60. The van der Waals surface area contributed by atoms with Crippen LogP contribution >= 0.6 is 23.2 Å². The molecule has 0 spiro atoms. The Morgan fingerprint density at radius 1 is 1.14 bits per heavy atom. The summed E-state index contributed by atoms with van der Waals surface area (Å²) in [6, 6.07) is 11.2. The normalized spacial score (nSPS) is 26.4. The summed E-state index contributed by atoms with van der Waals surface area (Å²) in [5.74, 6) is -0.561. The predicted octanol–water partition coefficient (Wildman–Crippen LogP) is 4.99. The van der Waals surface area contributed by atoms with Gasteiger partial charge in [0.15, 0.2) is 11.1 Å². The Labute approximate surface area is 173 Å². The molecule has 0 radical (unpaired) electrons. The molecule has 0 bridgehead atoms. The number of nitrogens with one attached hydrogen (secondary N) is 1. The predicted molar refractivity (Wildman–Crippen MR) is 105 cm³/mol. The van der Waals surface area contributed by atoms with Gasteiger partial charge in [0.25, 0.3) is 0 Å². The number of halogens is 5. The van der Waals surface area contributed by atoms with Crippen molar-refractivity contribution >= 4 is 34.3 Å². The molecule has 3 nitrogen and oxygen atoms in total. The summed E-state index contributed by atoms with van der Waals surface area (Å²) in [6.45, 7) is 0. The van der Waals surface area contributed by atoms with Crippen molar-refractivity contribution in [2.75, 3.05) is 5.75 Å². The van der Waals surface area contributed by atoms with Crippen LogP contribution in [0.5, 0.6) is 0 Å². The molecule has 28 heavy (non-hydrogen) atoms. The largest absolute Gasteiger partial charge is 0.400 e. The Morgan fingerprint density at radius 2 is 1.75 bits per heavy atom. The number of hydrogen-bond acceptors (Lipinski definition) is 2. The van der Waals surface area contributed by atoms with Gasteiger partial charge in [-0.3, -0.25) is 0 Å². The average Bonchev–Trinajstić information content (AvgIpc) is 2.93. The first-order chi connectivity index (χ1) is 13.1. The first kappa shape index (κ1) is 21.6. The fourth-order valence-electron chi connectivity index (χ4n) is 3.99. The molecule has 0 aliphatic carbocycles. The zero-order valence-corrected chi connectivity index (χ0v) is 16.9. The van der Waals surface area contributed by atoms with E-state index in [-0.39, 0.29) is 22.0 Å². The first-order valence-electron chi connectivity index (χ1n) is 8.52. The van der Waals surface area contributed by atoms with Crippen molar-refractivity contribution in [1.82, 2.24) is 5.32 Å². The molecule has 1 aliphatic heterocycles. The molecule has 1 heterocycles. The van der Waals surface area contributed by atoms with Gasteiger partial charge in [-0.2, -0.15) is 13.2 Å². The highest BCUT2D eigenvalue weighted by molar-refractivity contribution is 7.79. The molecule has 0 amide bonds. The molecule has 4 atom stereocenters. The summed E-state index contributed by atoms with van der Waals surface area (Å²) >= 11 is 9.55. The quantitative estimate of drug-likeness (QED) is 0.629. The van der Waals surface area contributed by atoms with Crippen LogP contribution in [0.1, 0.15) is 17.5 Å². The molecule has 2 aromatic rings. The van der Waals surface area contributed by atoms with E-state index in [1.807, 2.05) is 30.3 Å². The van der Waals surface area contributed by atoms with Crippen LogP contribution in [0.4, 0.5) is 13.2 Å². The van der Waals surface area contributed by atoms with Crippen LogP contribution < -0.4 is 5.32 Å². The molecule has 4 unspecified atom stereocenters. The lowest BCUT2D eigenvalue weighted by atomic mass is 9.72. The van der Waals surface area contributed by atoms with E-state index < -0.39 is 40.5 Å². The van der Waals surface area contributed by atoms with Gasteiger partial charge < -0.3 is 9.87 Å². The maximum absolute atomic E-state index is 14.5. The number of alkyl halides is 3. The van der Waals surface area contributed by atoms with Crippen molar-refractivity contribution in [2.24, 2.45) is 0 Å². The van der Waals surface area contributed by atoms with Gasteiger partial charge in [-0.1, -0.05) is 53.5 Å². The third-order valence-electron chi connectivity index (χ3n) is 5.12. The highest BCUT2D eigenvalue weighted by Crippen LogP contribution is 2.51. The SMILES string of the molecule is O=S(O)CC1NC(Cc2ccccc2)CC1(c1cc(Cl)cc(Cl)c1)C(F)(F)F. The standard InChI is InChI=1S/C19H18Cl2F3NO2S/c20-14-7-13(8-15(21)9-14)18(19(22,23)24)10-16(25-17(18)11-28(26)27)6-12-4-2-1-3-5-12/h1-5,7-9,16-17,25H,6,10-11H2,(H,26,27).